The molecule has 0 saturated carbocycles. The molecule has 4 aromatic heterocycles. The van der Waals surface area contributed by atoms with E-state index in [-0.39, 0.29) is 5.91 Å². The van der Waals surface area contributed by atoms with Crippen molar-refractivity contribution in [2.75, 3.05) is 25.9 Å². The van der Waals surface area contributed by atoms with Crippen molar-refractivity contribution in [1.82, 2.24) is 34.7 Å². The molecule has 7 rings (SSSR count). The van der Waals surface area contributed by atoms with Crippen LogP contribution in [-0.4, -0.2) is 61.5 Å². The molecular weight excluding hydrogens is 536 g/mol. The normalized spacial score (nSPS) is 14.7. The monoisotopic (exact) mass is 572 g/mol. The number of nitrogens with one attached hydrogen (secondary N) is 1. The summed E-state index contributed by atoms with van der Waals surface area (Å²) in [4.78, 5) is 31.5. The number of likely N-dealkylation sites (tertiary alicyclic amines) is 1. The number of nitrogens with zero attached hydrogens (tertiary/aromatic N) is 6. The Morgan fingerprint density at radius 2 is 1.81 bits per heavy atom. The number of anilines is 1. The second-order valence-corrected chi connectivity index (χ2v) is 10.9. The van der Waals surface area contributed by atoms with Crippen LogP contribution in [0.3, 0.4) is 0 Å². The van der Waals surface area contributed by atoms with Crippen molar-refractivity contribution in [3.05, 3.63) is 97.0 Å². The molecule has 9 nitrogen and oxygen atoms in total. The van der Waals surface area contributed by atoms with Crippen LogP contribution in [0.4, 0.5) is 5.82 Å². The van der Waals surface area contributed by atoms with Gasteiger partial charge in [-0.1, -0.05) is 18.7 Å². The number of aromatic nitrogens is 5. The number of carbonyl (C=O) groups is 1. The van der Waals surface area contributed by atoms with Crippen molar-refractivity contribution in [2.24, 2.45) is 0 Å². The van der Waals surface area contributed by atoms with Gasteiger partial charge in [0, 0.05) is 49.0 Å². The van der Waals surface area contributed by atoms with Crippen LogP contribution < -0.4 is 11.1 Å². The Morgan fingerprint density at radius 3 is 2.56 bits per heavy atom. The summed E-state index contributed by atoms with van der Waals surface area (Å²) < 4.78 is 2.09. The van der Waals surface area contributed by atoms with E-state index in [4.69, 9.17) is 15.7 Å². The number of aryl methyl sites for hydroxylation is 2. The van der Waals surface area contributed by atoms with Gasteiger partial charge in [0.1, 0.15) is 11.3 Å². The third-order valence-electron chi connectivity index (χ3n) is 8.27. The first-order valence-electron chi connectivity index (χ1n) is 14.8. The second-order valence-electron chi connectivity index (χ2n) is 10.9. The van der Waals surface area contributed by atoms with Gasteiger partial charge in [0.2, 0.25) is 5.91 Å². The van der Waals surface area contributed by atoms with E-state index in [1.54, 1.807) is 12.4 Å². The van der Waals surface area contributed by atoms with Crippen LogP contribution in [0.25, 0.3) is 39.5 Å². The van der Waals surface area contributed by atoms with Crippen LogP contribution in [0.1, 0.15) is 30.4 Å². The Balaban J connectivity index is 0.000000232. The summed E-state index contributed by atoms with van der Waals surface area (Å²) in [7, 11) is 1.97. The minimum atomic E-state index is 0.0598. The summed E-state index contributed by atoms with van der Waals surface area (Å²) in [5.41, 5.74) is 14.3. The molecule has 0 spiro atoms. The SMILES string of the molecule is C=CC(=O)N1CCC(NC)CC1.Nc1ncccc1-c1nc2cc(-c3ccccn3)cnc2n1-c1ccc2c(c1)CCC2. The Labute approximate surface area is 251 Å². The van der Waals surface area contributed by atoms with Crippen molar-refractivity contribution in [3.63, 3.8) is 0 Å². The fourth-order valence-electron chi connectivity index (χ4n) is 5.89. The zero-order valence-electron chi connectivity index (χ0n) is 24.4. The van der Waals surface area contributed by atoms with Crippen LogP contribution in [0, 0.1) is 0 Å². The third-order valence-corrected chi connectivity index (χ3v) is 8.27. The van der Waals surface area contributed by atoms with E-state index in [1.807, 2.05) is 54.5 Å². The van der Waals surface area contributed by atoms with Gasteiger partial charge in [0.15, 0.2) is 11.5 Å². The Kier molecular flexibility index (Phi) is 8.24. The maximum absolute atomic E-state index is 11.1. The zero-order chi connectivity index (χ0) is 29.8. The van der Waals surface area contributed by atoms with E-state index in [9.17, 15) is 4.79 Å². The minimum absolute atomic E-state index is 0.0598. The lowest BCUT2D eigenvalue weighted by atomic mass is 10.1. The van der Waals surface area contributed by atoms with E-state index in [0.29, 0.717) is 11.9 Å². The molecule has 5 aromatic rings. The minimum Gasteiger partial charge on any atom is -0.383 e. The molecule has 2 aliphatic rings. The number of hydrogen-bond acceptors (Lipinski definition) is 7. The summed E-state index contributed by atoms with van der Waals surface area (Å²) in [6, 6.07) is 18.9. The number of amides is 1. The molecule has 0 radical (unpaired) electrons. The lowest BCUT2D eigenvalue weighted by molar-refractivity contribution is -0.127. The number of carbonyl (C=O) groups excluding carboxylic acids is 1. The molecular formula is C34H36N8O. The molecule has 0 bridgehead atoms. The predicted molar refractivity (Wildman–Crippen MR) is 171 cm³/mol. The van der Waals surface area contributed by atoms with E-state index in [1.165, 1.54) is 23.6 Å². The molecule has 1 aliphatic heterocycles. The van der Waals surface area contributed by atoms with Crippen LogP contribution >= 0.6 is 0 Å². The number of benzene rings is 1. The fourth-order valence-corrected chi connectivity index (χ4v) is 5.89. The molecule has 0 atom stereocenters. The number of rotatable bonds is 5. The number of nitrogen functional groups attached to an aromatic ring is 1. The number of pyridine rings is 3. The van der Waals surface area contributed by atoms with Crippen molar-refractivity contribution in [3.8, 4) is 28.3 Å². The van der Waals surface area contributed by atoms with E-state index in [0.717, 1.165) is 78.3 Å². The van der Waals surface area contributed by atoms with Gasteiger partial charge in [-0.15, -0.1) is 0 Å². The number of hydrogen-bond donors (Lipinski definition) is 2. The molecule has 1 fully saturated rings. The number of piperidine rings is 1. The molecule has 5 heterocycles. The first-order chi connectivity index (χ1) is 21.1. The first-order valence-corrected chi connectivity index (χ1v) is 14.8. The van der Waals surface area contributed by atoms with Gasteiger partial charge in [-0.05, 0) is 98.8 Å². The lowest BCUT2D eigenvalue weighted by Crippen LogP contribution is -2.43. The maximum atomic E-state index is 11.1. The van der Waals surface area contributed by atoms with Gasteiger partial charge in [-0.2, -0.15) is 0 Å². The molecule has 0 unspecified atom stereocenters. The van der Waals surface area contributed by atoms with Crippen LogP contribution in [0.2, 0.25) is 0 Å². The van der Waals surface area contributed by atoms with Gasteiger partial charge in [-0.25, -0.2) is 15.0 Å². The van der Waals surface area contributed by atoms with Crippen LogP contribution in [0.15, 0.2) is 85.8 Å². The average molecular weight is 573 g/mol. The van der Waals surface area contributed by atoms with Gasteiger partial charge >= 0.3 is 0 Å². The molecule has 218 valence electrons. The van der Waals surface area contributed by atoms with Gasteiger partial charge < -0.3 is 16.0 Å². The molecule has 9 heteroatoms. The average Bonchev–Trinajstić information content (AvgIpc) is 3.69. The van der Waals surface area contributed by atoms with Crippen molar-refractivity contribution in [2.45, 2.75) is 38.1 Å². The van der Waals surface area contributed by atoms with Gasteiger partial charge in [0.25, 0.3) is 0 Å². The molecule has 3 N–H and O–H groups in total. The van der Waals surface area contributed by atoms with Crippen LogP contribution in [-0.2, 0) is 17.6 Å². The Hall–Kier alpha value is -4.89. The highest BCUT2D eigenvalue weighted by molar-refractivity contribution is 5.87. The van der Waals surface area contributed by atoms with Crippen LogP contribution in [0.5, 0.6) is 0 Å². The second kappa shape index (κ2) is 12.5. The molecule has 1 amide bonds. The Bertz CT molecular complexity index is 1760. The fraction of sp³-hybridized carbons (Fsp3) is 0.265. The number of imidazole rings is 1. The van der Waals surface area contributed by atoms with Gasteiger partial charge in [-0.3, -0.25) is 14.3 Å². The quantitative estimate of drug-likeness (QED) is 0.285. The number of fused-ring (bicyclic) bond motifs is 2. The summed E-state index contributed by atoms with van der Waals surface area (Å²) >= 11 is 0. The highest BCUT2D eigenvalue weighted by Gasteiger charge is 2.21. The molecule has 43 heavy (non-hydrogen) atoms. The van der Waals surface area contributed by atoms with Gasteiger partial charge in [0.05, 0.1) is 11.3 Å². The van der Waals surface area contributed by atoms with E-state index < -0.39 is 0 Å². The van der Waals surface area contributed by atoms with Crippen molar-refractivity contribution >= 4 is 22.9 Å². The van der Waals surface area contributed by atoms with E-state index >= 15 is 0 Å². The summed E-state index contributed by atoms with van der Waals surface area (Å²) in [6.07, 6.45) is 12.3. The lowest BCUT2D eigenvalue weighted by Gasteiger charge is -2.30. The molecule has 1 saturated heterocycles. The van der Waals surface area contributed by atoms with Crippen molar-refractivity contribution in [1.29, 1.82) is 0 Å². The standard InChI is InChI=1S/C25H20N6.C9H16N2O/c26-23-20(7-4-12-28-23)24-30-22-14-18(21-8-1-2-11-27-21)15-29-25(22)31(24)19-10-9-16-5-3-6-17(16)13-19;1-3-9(12)11-6-4-8(10-2)5-7-11/h1-2,4,7-15H,3,5-6H2,(H2,26,28);3,8,10H,1,4-7H2,2H3. The smallest absolute Gasteiger partial charge is 0.245 e. The maximum Gasteiger partial charge on any atom is 0.245 e. The number of nitrogens with two attached hydrogens (primary N) is 1. The Morgan fingerprint density at radius 1 is 1.00 bits per heavy atom. The molecule has 1 aromatic carbocycles. The largest absolute Gasteiger partial charge is 0.383 e. The predicted octanol–water partition coefficient (Wildman–Crippen LogP) is 5.00. The summed E-state index contributed by atoms with van der Waals surface area (Å²) in [5.74, 6) is 1.25. The third kappa shape index (κ3) is 5.89. The first kappa shape index (κ1) is 28.2. The topological polar surface area (TPSA) is 115 Å². The molecule has 1 aliphatic carbocycles. The van der Waals surface area contributed by atoms with Crippen molar-refractivity contribution < 1.29 is 4.79 Å². The summed E-state index contributed by atoms with van der Waals surface area (Å²) in [5, 5.41) is 3.22. The highest BCUT2D eigenvalue weighted by Crippen LogP contribution is 2.33. The summed E-state index contributed by atoms with van der Waals surface area (Å²) in [6.45, 7) is 5.18. The highest BCUT2D eigenvalue weighted by atomic mass is 16.2. The zero-order valence-corrected chi connectivity index (χ0v) is 24.4. The van der Waals surface area contributed by atoms with E-state index in [2.05, 4.69) is 44.6 Å².